The van der Waals surface area contributed by atoms with Crippen LogP contribution in [-0.2, 0) is 4.79 Å². The molecule has 19 heavy (non-hydrogen) atoms. The maximum Gasteiger partial charge on any atom is 0.303 e. The van der Waals surface area contributed by atoms with E-state index in [0.717, 1.165) is 24.3 Å². The first kappa shape index (κ1) is 14.2. The van der Waals surface area contributed by atoms with E-state index >= 15 is 0 Å². The zero-order chi connectivity index (χ0) is 13.8. The van der Waals surface area contributed by atoms with Gasteiger partial charge in [-0.2, -0.15) is 0 Å². The van der Waals surface area contributed by atoms with Crippen molar-refractivity contribution in [3.63, 3.8) is 0 Å². The zero-order valence-corrected chi connectivity index (χ0v) is 11.6. The second-order valence-corrected chi connectivity index (χ2v) is 5.31. The van der Waals surface area contributed by atoms with E-state index in [1.165, 1.54) is 12.8 Å². The summed E-state index contributed by atoms with van der Waals surface area (Å²) in [5.74, 6) is -0.828. The number of carboxylic acids is 1. The van der Waals surface area contributed by atoms with E-state index in [0.29, 0.717) is 11.4 Å². The Morgan fingerprint density at radius 1 is 1.42 bits per heavy atom. The Morgan fingerprint density at radius 2 is 2.11 bits per heavy atom. The van der Waals surface area contributed by atoms with Crippen LogP contribution >= 0.6 is 11.6 Å². The first-order valence-electron chi connectivity index (χ1n) is 6.60. The van der Waals surface area contributed by atoms with Crippen LogP contribution in [0, 0.1) is 0 Å². The normalized spacial score (nSPS) is 16.6. The predicted octanol–water partition coefficient (Wildman–Crippen LogP) is 2.80. The lowest BCUT2D eigenvalue weighted by Gasteiger charge is -2.25. The molecule has 1 atom stereocenters. The topological polar surface area (TPSA) is 66.6 Å². The molecule has 0 radical (unpaired) electrons. The molecule has 1 aliphatic heterocycles. The van der Waals surface area contributed by atoms with Gasteiger partial charge in [0.1, 0.15) is 0 Å². The second-order valence-electron chi connectivity index (χ2n) is 4.91. The van der Waals surface area contributed by atoms with E-state index in [4.69, 9.17) is 22.4 Å². The number of hydrogen-bond donors (Lipinski definition) is 2. The maximum absolute atomic E-state index is 10.7. The lowest BCUT2D eigenvalue weighted by Crippen LogP contribution is -2.23. The predicted molar refractivity (Wildman–Crippen MR) is 76.7 cm³/mol. The molecule has 1 aromatic carbocycles. The molecule has 2 rings (SSSR count). The third-order valence-corrected chi connectivity index (χ3v) is 3.85. The van der Waals surface area contributed by atoms with Crippen molar-refractivity contribution in [3.05, 3.63) is 28.8 Å². The van der Waals surface area contributed by atoms with Crippen LogP contribution in [0.5, 0.6) is 0 Å². The van der Waals surface area contributed by atoms with Crippen molar-refractivity contribution >= 4 is 23.3 Å². The van der Waals surface area contributed by atoms with Gasteiger partial charge in [0.05, 0.1) is 0 Å². The van der Waals surface area contributed by atoms with Crippen LogP contribution in [-0.4, -0.2) is 24.2 Å². The fraction of sp³-hybridized carbons (Fsp3) is 0.500. The Bertz CT molecular complexity index is 459. The quantitative estimate of drug-likeness (QED) is 0.871. The molecule has 1 aliphatic rings. The molecule has 1 aromatic rings. The highest BCUT2D eigenvalue weighted by molar-refractivity contribution is 6.31. The summed E-state index contributed by atoms with van der Waals surface area (Å²) < 4.78 is 0. The van der Waals surface area contributed by atoms with E-state index in [1.54, 1.807) is 0 Å². The molecular weight excluding hydrogens is 264 g/mol. The van der Waals surface area contributed by atoms with Crippen LogP contribution < -0.4 is 10.6 Å². The Morgan fingerprint density at radius 3 is 2.74 bits per heavy atom. The van der Waals surface area contributed by atoms with Gasteiger partial charge in [-0.1, -0.05) is 17.7 Å². The Balaban J connectivity index is 2.23. The SMILES string of the molecule is NC(CCC(=O)O)c1c(Cl)cccc1N1CCCC1. The number of carbonyl (C=O) groups is 1. The van der Waals surface area contributed by atoms with Gasteiger partial charge in [-0.25, -0.2) is 0 Å². The van der Waals surface area contributed by atoms with Crippen molar-refractivity contribution in [2.24, 2.45) is 5.73 Å². The molecule has 0 aliphatic carbocycles. The molecule has 1 heterocycles. The minimum atomic E-state index is -0.828. The monoisotopic (exact) mass is 282 g/mol. The van der Waals surface area contributed by atoms with Gasteiger partial charge in [-0.3, -0.25) is 4.79 Å². The highest BCUT2D eigenvalue weighted by Gasteiger charge is 2.21. The first-order valence-corrected chi connectivity index (χ1v) is 6.98. The number of benzene rings is 1. The highest BCUT2D eigenvalue weighted by Crippen LogP contribution is 2.35. The van der Waals surface area contributed by atoms with Crippen molar-refractivity contribution in [2.45, 2.75) is 31.7 Å². The summed E-state index contributed by atoms with van der Waals surface area (Å²) in [5, 5.41) is 9.39. The fourth-order valence-corrected chi connectivity index (χ4v) is 2.86. The average molecular weight is 283 g/mol. The van der Waals surface area contributed by atoms with E-state index < -0.39 is 5.97 Å². The second kappa shape index (κ2) is 6.26. The molecule has 0 aromatic heterocycles. The van der Waals surface area contributed by atoms with E-state index in [2.05, 4.69) is 4.90 Å². The van der Waals surface area contributed by atoms with Gasteiger partial charge in [0.2, 0.25) is 0 Å². The zero-order valence-electron chi connectivity index (χ0n) is 10.8. The molecule has 0 spiro atoms. The Labute approximate surface area is 118 Å². The summed E-state index contributed by atoms with van der Waals surface area (Å²) in [5.41, 5.74) is 8.08. The average Bonchev–Trinajstić information content (AvgIpc) is 2.89. The molecular formula is C14H19ClN2O2. The van der Waals surface area contributed by atoms with Crippen LogP contribution in [0.4, 0.5) is 5.69 Å². The summed E-state index contributed by atoms with van der Waals surface area (Å²) in [6, 6.07) is 5.42. The molecule has 0 bridgehead atoms. The molecule has 4 nitrogen and oxygen atoms in total. The van der Waals surface area contributed by atoms with Crippen LogP contribution in [0.2, 0.25) is 5.02 Å². The summed E-state index contributed by atoms with van der Waals surface area (Å²) >= 11 is 6.26. The molecule has 5 heteroatoms. The molecule has 3 N–H and O–H groups in total. The largest absolute Gasteiger partial charge is 0.481 e. The molecule has 1 unspecified atom stereocenters. The number of halogens is 1. The van der Waals surface area contributed by atoms with Gasteiger partial charge in [-0.05, 0) is 31.4 Å². The fourth-order valence-electron chi connectivity index (χ4n) is 2.55. The van der Waals surface area contributed by atoms with Gasteiger partial charge in [0.25, 0.3) is 0 Å². The molecule has 104 valence electrons. The van der Waals surface area contributed by atoms with Crippen LogP contribution in [0.15, 0.2) is 18.2 Å². The number of nitrogens with zero attached hydrogens (tertiary/aromatic N) is 1. The van der Waals surface area contributed by atoms with E-state index in [-0.39, 0.29) is 12.5 Å². The van der Waals surface area contributed by atoms with Crippen molar-refractivity contribution in [3.8, 4) is 0 Å². The maximum atomic E-state index is 10.7. The molecule has 1 fully saturated rings. The standard InChI is InChI=1S/C14H19ClN2O2/c15-10-4-3-5-12(17-8-1-2-9-17)14(10)11(16)6-7-13(18)19/h3-5,11H,1-2,6-9,16H2,(H,18,19). The van der Waals surface area contributed by atoms with Crippen molar-refractivity contribution < 1.29 is 9.90 Å². The number of hydrogen-bond acceptors (Lipinski definition) is 3. The molecule has 0 amide bonds. The Kier molecular flexibility index (Phi) is 4.66. The van der Waals surface area contributed by atoms with Crippen LogP contribution in [0.25, 0.3) is 0 Å². The number of anilines is 1. The number of nitrogens with two attached hydrogens (primary N) is 1. The summed E-state index contributed by atoms with van der Waals surface area (Å²) in [6.07, 6.45) is 2.82. The van der Waals surface area contributed by atoms with Crippen molar-refractivity contribution in [1.82, 2.24) is 0 Å². The minimum Gasteiger partial charge on any atom is -0.481 e. The van der Waals surface area contributed by atoms with Crippen molar-refractivity contribution in [2.75, 3.05) is 18.0 Å². The highest BCUT2D eigenvalue weighted by atomic mass is 35.5. The first-order chi connectivity index (χ1) is 9.09. The third kappa shape index (κ3) is 3.39. The van der Waals surface area contributed by atoms with Crippen LogP contribution in [0.1, 0.15) is 37.3 Å². The van der Waals surface area contributed by atoms with Gasteiger partial charge < -0.3 is 15.7 Å². The van der Waals surface area contributed by atoms with Gasteiger partial charge >= 0.3 is 5.97 Å². The summed E-state index contributed by atoms with van der Waals surface area (Å²) in [4.78, 5) is 12.9. The molecule has 0 saturated carbocycles. The van der Waals surface area contributed by atoms with E-state index in [1.807, 2.05) is 18.2 Å². The number of carboxylic acid groups (broad SMARTS) is 1. The number of rotatable bonds is 5. The lowest BCUT2D eigenvalue weighted by atomic mass is 10.00. The molecule has 1 saturated heterocycles. The van der Waals surface area contributed by atoms with Gasteiger partial charge in [0.15, 0.2) is 0 Å². The van der Waals surface area contributed by atoms with Crippen molar-refractivity contribution in [1.29, 1.82) is 0 Å². The Hall–Kier alpha value is -1.26. The lowest BCUT2D eigenvalue weighted by molar-refractivity contribution is -0.137. The summed E-state index contributed by atoms with van der Waals surface area (Å²) in [6.45, 7) is 2.03. The van der Waals surface area contributed by atoms with Gasteiger partial charge in [-0.15, -0.1) is 0 Å². The minimum absolute atomic E-state index is 0.0613. The van der Waals surface area contributed by atoms with E-state index in [9.17, 15) is 4.79 Å². The number of aliphatic carboxylic acids is 1. The summed E-state index contributed by atoms with van der Waals surface area (Å²) in [7, 11) is 0. The van der Waals surface area contributed by atoms with Gasteiger partial charge in [0, 0.05) is 41.8 Å². The third-order valence-electron chi connectivity index (χ3n) is 3.52. The van der Waals surface area contributed by atoms with Crippen LogP contribution in [0.3, 0.4) is 0 Å². The smallest absolute Gasteiger partial charge is 0.303 e.